The van der Waals surface area contributed by atoms with Gasteiger partial charge in [-0.3, -0.25) is 14.8 Å². The predicted molar refractivity (Wildman–Crippen MR) is 93.6 cm³/mol. The summed E-state index contributed by atoms with van der Waals surface area (Å²) in [7, 11) is 0. The lowest BCUT2D eigenvalue weighted by molar-refractivity contribution is -0.137. The number of fused-ring (bicyclic) bond motifs is 1. The van der Waals surface area contributed by atoms with E-state index in [1.54, 1.807) is 6.07 Å². The van der Waals surface area contributed by atoms with Crippen LogP contribution in [0.1, 0.15) is 5.56 Å². The third-order valence-corrected chi connectivity index (χ3v) is 3.91. The average Bonchev–Trinajstić information content (AvgIpc) is 2.63. The van der Waals surface area contributed by atoms with Gasteiger partial charge in [-0.2, -0.15) is 13.2 Å². The minimum atomic E-state index is -4.68. The largest absolute Gasteiger partial charge is 0.417 e. The second kappa shape index (κ2) is 7.20. The zero-order valence-corrected chi connectivity index (χ0v) is 14.1. The number of halogens is 4. The van der Waals surface area contributed by atoms with E-state index in [1.807, 2.05) is 0 Å². The maximum absolute atomic E-state index is 12.9. The number of anilines is 2. The highest BCUT2D eigenvalue weighted by Crippen LogP contribution is 2.36. The fourth-order valence-corrected chi connectivity index (χ4v) is 2.56. The molecule has 3 rings (SSSR count). The van der Waals surface area contributed by atoms with E-state index in [0.717, 1.165) is 6.07 Å². The topological polar surface area (TPSA) is 75.2 Å². The zero-order chi connectivity index (χ0) is 19.6. The summed E-state index contributed by atoms with van der Waals surface area (Å²) in [5.41, 5.74) is -0.0780. The van der Waals surface area contributed by atoms with Gasteiger partial charge in [0.1, 0.15) is 0 Å². The van der Waals surface area contributed by atoms with Crippen molar-refractivity contribution in [3.8, 4) is 0 Å². The molecule has 0 aliphatic rings. The minimum Gasteiger partial charge on any atom is -0.307 e. The molecule has 0 spiro atoms. The number of benzene rings is 2. The van der Waals surface area contributed by atoms with Crippen LogP contribution in [0.5, 0.6) is 0 Å². The fraction of sp³-hybridized carbons (Fsp3) is 0.0588. The van der Waals surface area contributed by atoms with Gasteiger partial charge in [0.25, 0.3) is 0 Å². The number of amides is 3. The van der Waals surface area contributed by atoms with Crippen molar-refractivity contribution in [1.29, 1.82) is 0 Å². The van der Waals surface area contributed by atoms with E-state index in [2.05, 4.69) is 15.3 Å². The first-order chi connectivity index (χ1) is 12.8. The Morgan fingerprint density at radius 2 is 1.78 bits per heavy atom. The SMILES string of the molecule is O=CN(C(=O)Nc1ccc(Cl)c(C(F)(F)F)c1)c1ccc2nccnc2c1. The number of urea groups is 1. The molecule has 0 aliphatic carbocycles. The van der Waals surface area contributed by atoms with Crippen LogP contribution in [0.3, 0.4) is 0 Å². The summed E-state index contributed by atoms with van der Waals surface area (Å²) in [5, 5.41) is 1.74. The molecule has 3 aromatic rings. The van der Waals surface area contributed by atoms with Crippen molar-refractivity contribution in [3.05, 3.63) is 59.4 Å². The highest BCUT2D eigenvalue weighted by Gasteiger charge is 2.33. The molecule has 1 heterocycles. The van der Waals surface area contributed by atoms with Crippen molar-refractivity contribution in [1.82, 2.24) is 9.97 Å². The number of hydrogen-bond donors (Lipinski definition) is 1. The summed E-state index contributed by atoms with van der Waals surface area (Å²) in [6.45, 7) is 0. The number of alkyl halides is 3. The molecule has 0 unspecified atom stereocenters. The van der Waals surface area contributed by atoms with Gasteiger partial charge in [-0.25, -0.2) is 9.69 Å². The van der Waals surface area contributed by atoms with Gasteiger partial charge in [0.15, 0.2) is 0 Å². The average molecular weight is 395 g/mol. The third kappa shape index (κ3) is 3.98. The van der Waals surface area contributed by atoms with Gasteiger partial charge in [0.2, 0.25) is 6.41 Å². The number of nitrogens with zero attached hydrogens (tertiary/aromatic N) is 3. The van der Waals surface area contributed by atoms with Crippen molar-refractivity contribution in [2.75, 3.05) is 10.2 Å². The molecule has 2 aromatic carbocycles. The van der Waals surface area contributed by atoms with Gasteiger partial charge < -0.3 is 5.32 Å². The Hall–Kier alpha value is -3.20. The van der Waals surface area contributed by atoms with Gasteiger partial charge in [0, 0.05) is 18.1 Å². The van der Waals surface area contributed by atoms with E-state index < -0.39 is 22.8 Å². The fourth-order valence-electron chi connectivity index (χ4n) is 2.33. The van der Waals surface area contributed by atoms with Gasteiger partial charge in [-0.05, 0) is 36.4 Å². The first kappa shape index (κ1) is 18.6. The molecular formula is C17H10ClF3N4O2. The number of aromatic nitrogens is 2. The van der Waals surface area contributed by atoms with Crippen LogP contribution in [0, 0.1) is 0 Å². The molecule has 1 aromatic heterocycles. The first-order valence-electron chi connectivity index (χ1n) is 7.42. The Morgan fingerprint density at radius 1 is 1.07 bits per heavy atom. The van der Waals surface area contributed by atoms with Gasteiger partial charge in [0.05, 0.1) is 27.3 Å². The van der Waals surface area contributed by atoms with Gasteiger partial charge in [-0.15, -0.1) is 0 Å². The number of rotatable bonds is 3. The monoisotopic (exact) mass is 394 g/mol. The number of hydrogen-bond acceptors (Lipinski definition) is 4. The van der Waals surface area contributed by atoms with Crippen LogP contribution in [0.15, 0.2) is 48.8 Å². The number of carbonyl (C=O) groups excluding carboxylic acids is 2. The molecule has 0 saturated carbocycles. The Bertz CT molecular complexity index is 1030. The normalized spacial score (nSPS) is 11.3. The summed E-state index contributed by atoms with van der Waals surface area (Å²) < 4.78 is 38.8. The lowest BCUT2D eigenvalue weighted by Gasteiger charge is -2.17. The molecule has 0 fully saturated rings. The summed E-state index contributed by atoms with van der Waals surface area (Å²) in [4.78, 5) is 32.6. The molecule has 0 bridgehead atoms. The van der Waals surface area contributed by atoms with E-state index in [-0.39, 0.29) is 17.8 Å². The third-order valence-electron chi connectivity index (χ3n) is 3.58. The van der Waals surface area contributed by atoms with Crippen LogP contribution in [-0.2, 0) is 11.0 Å². The lowest BCUT2D eigenvalue weighted by atomic mass is 10.2. The molecule has 3 amide bonds. The van der Waals surface area contributed by atoms with Gasteiger partial charge >= 0.3 is 12.2 Å². The van der Waals surface area contributed by atoms with E-state index >= 15 is 0 Å². The summed E-state index contributed by atoms with van der Waals surface area (Å²) in [5.74, 6) is 0. The van der Waals surface area contributed by atoms with Gasteiger partial charge in [-0.1, -0.05) is 11.6 Å². The highest BCUT2D eigenvalue weighted by atomic mass is 35.5. The van der Waals surface area contributed by atoms with Crippen molar-refractivity contribution < 1.29 is 22.8 Å². The molecule has 0 aliphatic heterocycles. The molecule has 27 heavy (non-hydrogen) atoms. The minimum absolute atomic E-state index is 0.163. The van der Waals surface area contributed by atoms with Crippen molar-refractivity contribution in [2.45, 2.75) is 6.18 Å². The summed E-state index contributed by atoms with van der Waals surface area (Å²) in [6, 6.07) is 6.44. The van der Waals surface area contributed by atoms with Crippen molar-refractivity contribution in [3.63, 3.8) is 0 Å². The molecular weight excluding hydrogens is 385 g/mol. The van der Waals surface area contributed by atoms with Crippen LogP contribution >= 0.6 is 11.6 Å². The quantitative estimate of drug-likeness (QED) is 0.664. The Kier molecular flexibility index (Phi) is 4.95. The van der Waals surface area contributed by atoms with E-state index in [9.17, 15) is 22.8 Å². The standard InChI is InChI=1S/C17H10ClF3N4O2/c18-13-3-1-10(7-12(13)17(19,20)21)24-16(27)25(9-26)11-2-4-14-15(8-11)23-6-5-22-14/h1-9H,(H,24,27). The van der Waals surface area contributed by atoms with Crippen LogP contribution < -0.4 is 10.2 Å². The summed E-state index contributed by atoms with van der Waals surface area (Å²) in [6.07, 6.45) is -1.50. The maximum atomic E-state index is 12.9. The van der Waals surface area contributed by atoms with E-state index in [4.69, 9.17) is 11.6 Å². The molecule has 1 N–H and O–H groups in total. The maximum Gasteiger partial charge on any atom is 0.417 e. The van der Waals surface area contributed by atoms with Crippen LogP contribution in [0.2, 0.25) is 5.02 Å². The number of imide groups is 1. The molecule has 138 valence electrons. The Labute approximate surface area is 155 Å². The first-order valence-corrected chi connectivity index (χ1v) is 7.80. The zero-order valence-electron chi connectivity index (χ0n) is 13.4. The molecule has 6 nitrogen and oxygen atoms in total. The number of carbonyl (C=O) groups is 2. The highest BCUT2D eigenvalue weighted by molar-refractivity contribution is 6.31. The lowest BCUT2D eigenvalue weighted by Crippen LogP contribution is -2.33. The molecule has 10 heteroatoms. The molecule has 0 saturated heterocycles. The Morgan fingerprint density at radius 3 is 2.44 bits per heavy atom. The van der Waals surface area contributed by atoms with Crippen LogP contribution in [0.25, 0.3) is 11.0 Å². The van der Waals surface area contributed by atoms with Crippen molar-refractivity contribution in [2.24, 2.45) is 0 Å². The molecule has 0 radical (unpaired) electrons. The Balaban J connectivity index is 1.88. The van der Waals surface area contributed by atoms with Crippen LogP contribution in [-0.4, -0.2) is 22.4 Å². The smallest absolute Gasteiger partial charge is 0.307 e. The van der Waals surface area contributed by atoms with E-state index in [1.165, 1.54) is 30.6 Å². The number of nitrogens with one attached hydrogen (secondary N) is 1. The predicted octanol–water partition coefficient (Wildman–Crippen LogP) is 4.50. The van der Waals surface area contributed by atoms with Crippen molar-refractivity contribution >= 4 is 46.5 Å². The van der Waals surface area contributed by atoms with E-state index in [0.29, 0.717) is 22.0 Å². The summed E-state index contributed by atoms with van der Waals surface area (Å²) >= 11 is 5.55. The second-order valence-corrected chi connectivity index (χ2v) is 5.73. The molecule has 0 atom stereocenters. The van der Waals surface area contributed by atoms with Crippen LogP contribution in [0.4, 0.5) is 29.3 Å². The second-order valence-electron chi connectivity index (χ2n) is 5.33.